The Morgan fingerprint density at radius 1 is 1.30 bits per heavy atom. The number of rotatable bonds is 6. The lowest BCUT2D eigenvalue weighted by molar-refractivity contribution is -0.0893. The van der Waals surface area contributed by atoms with Gasteiger partial charge in [0.05, 0.1) is 16.2 Å². The summed E-state index contributed by atoms with van der Waals surface area (Å²) in [7, 11) is 1.25. The fourth-order valence-corrected chi connectivity index (χ4v) is 1.36. The molecule has 0 saturated carbocycles. The van der Waals surface area contributed by atoms with Crippen molar-refractivity contribution < 1.29 is 23.3 Å². The van der Waals surface area contributed by atoms with E-state index in [1.807, 2.05) is 0 Å². The summed E-state index contributed by atoms with van der Waals surface area (Å²) in [6.07, 6.45) is 0. The van der Waals surface area contributed by atoms with Crippen LogP contribution in [0.1, 0.15) is 27.7 Å². The Balaban J connectivity index is 2.87. The summed E-state index contributed by atoms with van der Waals surface area (Å²) in [6, 6.07) is 2.70. The van der Waals surface area contributed by atoms with Gasteiger partial charge in [0, 0.05) is 0 Å². The Bertz CT molecular complexity index is 475. The SMILES string of the molecule is CC(C)(O)C(C)(C)O[B]c1ccc(OCF)c(F)c1Cl. The van der Waals surface area contributed by atoms with Crippen molar-refractivity contribution in [2.75, 3.05) is 6.86 Å². The molecule has 0 unspecified atom stereocenters. The molecule has 0 heterocycles. The molecule has 7 heteroatoms. The summed E-state index contributed by atoms with van der Waals surface area (Å²) in [5.74, 6) is -1.13. The lowest BCUT2D eigenvalue weighted by Gasteiger charge is -2.37. The highest BCUT2D eigenvalue weighted by molar-refractivity contribution is 6.53. The molecule has 0 atom stereocenters. The molecule has 0 aliphatic carbocycles. The maximum absolute atomic E-state index is 13.8. The highest BCUT2D eigenvalue weighted by Gasteiger charge is 2.36. The van der Waals surface area contributed by atoms with Crippen LogP contribution < -0.4 is 10.2 Å². The van der Waals surface area contributed by atoms with E-state index in [-0.39, 0.29) is 16.2 Å². The van der Waals surface area contributed by atoms with Crippen molar-refractivity contribution in [1.82, 2.24) is 0 Å². The quantitative estimate of drug-likeness (QED) is 0.821. The van der Waals surface area contributed by atoms with Crippen LogP contribution in [0, 0.1) is 5.82 Å². The van der Waals surface area contributed by atoms with Crippen molar-refractivity contribution >= 4 is 24.5 Å². The molecule has 0 saturated heterocycles. The van der Waals surface area contributed by atoms with Crippen molar-refractivity contribution in [2.24, 2.45) is 0 Å². The lowest BCUT2D eigenvalue weighted by Crippen LogP contribution is -2.49. The molecular formula is C13H17BClF2O3. The van der Waals surface area contributed by atoms with E-state index < -0.39 is 23.9 Å². The molecule has 1 aromatic carbocycles. The zero-order chi connectivity index (χ0) is 15.6. The minimum absolute atomic E-state index is 0.234. The highest BCUT2D eigenvalue weighted by atomic mass is 35.5. The first kappa shape index (κ1) is 17.2. The molecule has 0 fully saturated rings. The summed E-state index contributed by atoms with van der Waals surface area (Å²) in [5.41, 5.74) is -1.74. The fraction of sp³-hybridized carbons (Fsp3) is 0.538. The second kappa shape index (κ2) is 6.29. The van der Waals surface area contributed by atoms with Gasteiger partial charge in [0.15, 0.2) is 11.6 Å². The van der Waals surface area contributed by atoms with Gasteiger partial charge in [0.1, 0.15) is 0 Å². The third kappa shape index (κ3) is 3.84. The van der Waals surface area contributed by atoms with Crippen LogP contribution in [0.25, 0.3) is 0 Å². The Labute approximate surface area is 123 Å². The number of hydrogen-bond acceptors (Lipinski definition) is 3. The minimum atomic E-state index is -1.14. The van der Waals surface area contributed by atoms with Crippen LogP contribution in [0.4, 0.5) is 8.78 Å². The van der Waals surface area contributed by atoms with Gasteiger partial charge in [-0.1, -0.05) is 17.7 Å². The van der Waals surface area contributed by atoms with E-state index in [1.165, 1.54) is 19.6 Å². The number of alkyl halides is 1. The number of halogens is 3. The van der Waals surface area contributed by atoms with E-state index in [4.69, 9.17) is 16.3 Å². The topological polar surface area (TPSA) is 38.7 Å². The number of aliphatic hydroxyl groups is 1. The molecule has 1 rings (SSSR count). The van der Waals surface area contributed by atoms with Gasteiger partial charge in [-0.2, -0.15) is 0 Å². The van der Waals surface area contributed by atoms with Crippen LogP contribution >= 0.6 is 11.6 Å². The highest BCUT2D eigenvalue weighted by Crippen LogP contribution is 2.26. The summed E-state index contributed by atoms with van der Waals surface area (Å²) in [6.45, 7) is 5.43. The standard InChI is InChI=1S/C13H17BClF2O3/c1-12(2,18)13(3,4)20-14-8-5-6-9(19-7-16)11(17)10(8)15/h5-6,18H,7H2,1-4H3. The Morgan fingerprint density at radius 3 is 2.40 bits per heavy atom. The number of hydrogen-bond donors (Lipinski definition) is 1. The van der Waals surface area contributed by atoms with Crippen LogP contribution in [0.5, 0.6) is 5.75 Å². The lowest BCUT2D eigenvalue weighted by atomic mass is 9.82. The Kier molecular flexibility index (Phi) is 5.41. The monoisotopic (exact) mass is 305 g/mol. The van der Waals surface area contributed by atoms with E-state index in [2.05, 4.69) is 4.74 Å². The third-order valence-corrected chi connectivity index (χ3v) is 3.62. The third-order valence-electron chi connectivity index (χ3n) is 3.24. The number of ether oxygens (including phenoxy) is 1. The molecule has 111 valence electrons. The van der Waals surface area contributed by atoms with Gasteiger partial charge in [-0.3, -0.25) is 0 Å². The van der Waals surface area contributed by atoms with Gasteiger partial charge in [-0.25, -0.2) is 8.78 Å². The second-order valence-corrected chi connectivity index (χ2v) is 5.72. The average Bonchev–Trinajstić information content (AvgIpc) is 2.33. The van der Waals surface area contributed by atoms with Crippen molar-refractivity contribution in [2.45, 2.75) is 38.9 Å². The van der Waals surface area contributed by atoms with E-state index in [9.17, 15) is 13.9 Å². The molecule has 0 amide bonds. The molecule has 0 aliphatic heterocycles. The molecule has 0 bridgehead atoms. The summed E-state index contributed by atoms with van der Waals surface area (Å²) in [5, 5.41) is 9.71. The zero-order valence-electron chi connectivity index (χ0n) is 11.8. The van der Waals surface area contributed by atoms with Crippen molar-refractivity contribution in [3.8, 4) is 5.75 Å². The van der Waals surface area contributed by atoms with Crippen LogP contribution in [0.15, 0.2) is 12.1 Å². The molecule has 0 aliphatic rings. The fourth-order valence-electron chi connectivity index (χ4n) is 1.16. The van der Waals surface area contributed by atoms with Gasteiger partial charge in [-0.05, 0) is 39.2 Å². The zero-order valence-corrected chi connectivity index (χ0v) is 12.6. The Morgan fingerprint density at radius 2 is 1.90 bits per heavy atom. The van der Waals surface area contributed by atoms with Crippen molar-refractivity contribution in [3.05, 3.63) is 23.0 Å². The molecule has 1 aromatic rings. The predicted molar refractivity (Wildman–Crippen MR) is 74.9 cm³/mol. The first-order valence-electron chi connectivity index (χ1n) is 6.00. The largest absolute Gasteiger partial charge is 0.460 e. The van der Waals surface area contributed by atoms with Crippen LogP contribution in [0.3, 0.4) is 0 Å². The molecule has 0 aromatic heterocycles. The summed E-state index contributed by atoms with van der Waals surface area (Å²) in [4.78, 5) is 0. The van der Waals surface area contributed by atoms with E-state index >= 15 is 0 Å². The van der Waals surface area contributed by atoms with Crippen molar-refractivity contribution in [3.63, 3.8) is 0 Å². The summed E-state index contributed by atoms with van der Waals surface area (Å²) >= 11 is 5.83. The van der Waals surface area contributed by atoms with E-state index in [0.29, 0.717) is 0 Å². The van der Waals surface area contributed by atoms with Crippen molar-refractivity contribution in [1.29, 1.82) is 0 Å². The van der Waals surface area contributed by atoms with Gasteiger partial charge < -0.3 is 14.5 Å². The normalized spacial score (nSPS) is 12.4. The van der Waals surface area contributed by atoms with Gasteiger partial charge in [0.25, 0.3) is 0 Å². The molecule has 1 radical (unpaired) electrons. The summed E-state index contributed by atoms with van der Waals surface area (Å²) < 4.78 is 35.7. The first-order chi connectivity index (χ1) is 9.10. The maximum atomic E-state index is 13.8. The molecule has 0 spiro atoms. The Hall–Kier alpha value is -0.845. The first-order valence-corrected chi connectivity index (χ1v) is 6.38. The van der Waals surface area contributed by atoms with Gasteiger partial charge in [-0.15, -0.1) is 0 Å². The molecule has 1 N–H and O–H groups in total. The minimum Gasteiger partial charge on any atom is -0.460 e. The molecule has 3 nitrogen and oxygen atoms in total. The van der Waals surface area contributed by atoms with Gasteiger partial charge >= 0.3 is 7.48 Å². The van der Waals surface area contributed by atoms with E-state index in [1.54, 1.807) is 27.7 Å². The smallest absolute Gasteiger partial charge is 0.332 e. The van der Waals surface area contributed by atoms with Crippen LogP contribution in [-0.2, 0) is 4.65 Å². The van der Waals surface area contributed by atoms with Crippen LogP contribution in [0.2, 0.25) is 5.02 Å². The molecular weight excluding hydrogens is 288 g/mol. The van der Waals surface area contributed by atoms with Crippen LogP contribution in [-0.4, -0.2) is 30.7 Å². The second-order valence-electron chi connectivity index (χ2n) is 5.34. The predicted octanol–water partition coefficient (Wildman–Crippen LogP) is 2.60. The van der Waals surface area contributed by atoms with E-state index in [0.717, 1.165) is 0 Å². The maximum Gasteiger partial charge on any atom is 0.332 e. The average molecular weight is 306 g/mol. The van der Waals surface area contributed by atoms with Gasteiger partial charge in [0.2, 0.25) is 6.86 Å². The molecule has 20 heavy (non-hydrogen) atoms. The number of benzene rings is 1.